The zero-order chi connectivity index (χ0) is 12.4. The van der Waals surface area contributed by atoms with Crippen LogP contribution in [0.2, 0.25) is 10.2 Å². The Morgan fingerprint density at radius 3 is 2.76 bits per heavy atom. The maximum Gasteiger partial charge on any atom is 0.278 e. The number of hydrogen-bond donors (Lipinski definition) is 2. The van der Waals surface area contributed by atoms with Crippen LogP contribution in [0.3, 0.4) is 0 Å². The number of pyridine rings is 1. The molecule has 6 nitrogen and oxygen atoms in total. The fourth-order valence-corrected chi connectivity index (χ4v) is 1.48. The normalized spacial score (nSPS) is 10.3. The monoisotopic (exact) mass is 271 g/mol. The average molecular weight is 272 g/mol. The lowest BCUT2D eigenvalue weighted by atomic mass is 10.3. The first kappa shape index (κ1) is 11.8. The number of carbonyl (C=O) groups is 1. The summed E-state index contributed by atoms with van der Waals surface area (Å²) < 4.78 is 0. The van der Waals surface area contributed by atoms with Crippen LogP contribution in [-0.4, -0.2) is 26.1 Å². The smallest absolute Gasteiger partial charge is 0.278 e. The van der Waals surface area contributed by atoms with Crippen molar-refractivity contribution in [3.8, 4) is 0 Å². The number of halogens is 2. The number of rotatable bonds is 2. The van der Waals surface area contributed by atoms with Crippen LogP contribution < -0.4 is 5.32 Å². The molecule has 0 bridgehead atoms. The van der Waals surface area contributed by atoms with E-state index in [1.807, 2.05) is 0 Å². The third kappa shape index (κ3) is 2.72. The van der Waals surface area contributed by atoms with E-state index < -0.39 is 5.91 Å². The minimum Gasteiger partial charge on any atom is -0.288 e. The lowest BCUT2D eigenvalue weighted by Gasteiger charge is -2.02. The highest BCUT2D eigenvalue weighted by atomic mass is 35.5. The van der Waals surface area contributed by atoms with E-state index in [4.69, 9.17) is 23.2 Å². The number of aromatic nitrogens is 4. The van der Waals surface area contributed by atoms with Crippen molar-refractivity contribution in [2.24, 2.45) is 0 Å². The highest BCUT2D eigenvalue weighted by Crippen LogP contribution is 2.17. The standard InChI is InChI=1S/C9H7Cl2N5O/c1-4-12-9(16-15-4)14-8(17)7-5(10)2-3-6(11)13-7/h2-3H,1H3,(H2,12,14,15,16,17). The van der Waals surface area contributed by atoms with Gasteiger partial charge in [-0.25, -0.2) is 4.98 Å². The minimum absolute atomic E-state index is 0.0293. The zero-order valence-electron chi connectivity index (χ0n) is 8.66. The molecule has 0 unspecified atom stereocenters. The van der Waals surface area contributed by atoms with E-state index >= 15 is 0 Å². The van der Waals surface area contributed by atoms with E-state index in [9.17, 15) is 4.79 Å². The first-order valence-corrected chi connectivity index (χ1v) is 5.34. The van der Waals surface area contributed by atoms with Crippen molar-refractivity contribution in [1.82, 2.24) is 20.2 Å². The van der Waals surface area contributed by atoms with Crippen LogP contribution >= 0.6 is 23.2 Å². The number of hydrogen-bond acceptors (Lipinski definition) is 4. The van der Waals surface area contributed by atoms with E-state index in [0.717, 1.165) is 0 Å². The van der Waals surface area contributed by atoms with Crippen LogP contribution in [-0.2, 0) is 0 Å². The zero-order valence-corrected chi connectivity index (χ0v) is 10.2. The van der Waals surface area contributed by atoms with Crippen LogP contribution in [0.1, 0.15) is 16.3 Å². The van der Waals surface area contributed by atoms with Gasteiger partial charge in [-0.15, -0.1) is 5.10 Å². The van der Waals surface area contributed by atoms with E-state index in [0.29, 0.717) is 5.82 Å². The van der Waals surface area contributed by atoms with Gasteiger partial charge in [0.1, 0.15) is 16.7 Å². The van der Waals surface area contributed by atoms with Crippen molar-refractivity contribution >= 4 is 35.1 Å². The van der Waals surface area contributed by atoms with E-state index in [1.165, 1.54) is 12.1 Å². The fraction of sp³-hybridized carbons (Fsp3) is 0.111. The van der Waals surface area contributed by atoms with Gasteiger partial charge in [-0.05, 0) is 19.1 Å². The Labute approximate surface area is 106 Å². The molecule has 0 saturated heterocycles. The number of anilines is 1. The molecule has 0 aliphatic heterocycles. The van der Waals surface area contributed by atoms with Crippen LogP contribution in [0, 0.1) is 6.92 Å². The Morgan fingerprint density at radius 1 is 1.35 bits per heavy atom. The molecule has 0 radical (unpaired) electrons. The average Bonchev–Trinajstić information content (AvgIpc) is 2.67. The molecule has 2 rings (SSSR count). The Hall–Kier alpha value is -1.66. The fourth-order valence-electron chi connectivity index (χ4n) is 1.14. The van der Waals surface area contributed by atoms with Gasteiger partial charge in [0.15, 0.2) is 0 Å². The Kier molecular flexibility index (Phi) is 3.26. The SMILES string of the molecule is Cc1nc(NC(=O)c2nc(Cl)ccc2Cl)n[nH]1. The molecule has 0 fully saturated rings. The summed E-state index contributed by atoms with van der Waals surface area (Å²) in [6.07, 6.45) is 0. The van der Waals surface area contributed by atoms with Gasteiger partial charge in [0.05, 0.1) is 5.02 Å². The summed E-state index contributed by atoms with van der Waals surface area (Å²) in [4.78, 5) is 19.5. The van der Waals surface area contributed by atoms with Crippen molar-refractivity contribution in [3.05, 3.63) is 33.8 Å². The number of nitrogens with one attached hydrogen (secondary N) is 2. The van der Waals surface area contributed by atoms with Gasteiger partial charge in [0.25, 0.3) is 5.91 Å². The molecule has 8 heteroatoms. The molecule has 2 aromatic rings. The first-order chi connectivity index (χ1) is 8.06. The van der Waals surface area contributed by atoms with Crippen molar-refractivity contribution < 1.29 is 4.79 Å². The van der Waals surface area contributed by atoms with Gasteiger partial charge in [-0.1, -0.05) is 23.2 Å². The van der Waals surface area contributed by atoms with E-state index in [1.54, 1.807) is 6.92 Å². The topological polar surface area (TPSA) is 83.6 Å². The molecule has 88 valence electrons. The highest BCUT2D eigenvalue weighted by Gasteiger charge is 2.14. The van der Waals surface area contributed by atoms with Crippen LogP contribution in [0.25, 0.3) is 0 Å². The van der Waals surface area contributed by atoms with E-state index in [2.05, 4.69) is 25.5 Å². The first-order valence-electron chi connectivity index (χ1n) is 4.58. The number of nitrogens with zero attached hydrogens (tertiary/aromatic N) is 3. The molecule has 0 aliphatic rings. The van der Waals surface area contributed by atoms with Crippen LogP contribution in [0.15, 0.2) is 12.1 Å². The lowest BCUT2D eigenvalue weighted by Crippen LogP contribution is -2.15. The molecule has 0 aromatic carbocycles. The van der Waals surface area contributed by atoms with Gasteiger partial charge in [-0.3, -0.25) is 15.2 Å². The summed E-state index contributed by atoms with van der Waals surface area (Å²) in [7, 11) is 0. The van der Waals surface area contributed by atoms with Gasteiger partial charge in [0, 0.05) is 0 Å². The maximum atomic E-state index is 11.8. The molecular weight excluding hydrogens is 265 g/mol. The number of H-pyrrole nitrogens is 1. The van der Waals surface area contributed by atoms with Gasteiger partial charge in [0.2, 0.25) is 5.95 Å². The van der Waals surface area contributed by atoms with Crippen molar-refractivity contribution in [1.29, 1.82) is 0 Å². The molecule has 0 spiro atoms. The number of amides is 1. The maximum absolute atomic E-state index is 11.8. The second-order valence-corrected chi connectivity index (χ2v) is 3.96. The van der Waals surface area contributed by atoms with Crippen molar-refractivity contribution in [2.75, 3.05) is 5.32 Å². The molecular formula is C9H7Cl2N5O. The molecule has 2 heterocycles. The van der Waals surface area contributed by atoms with Gasteiger partial charge in [-0.2, -0.15) is 4.98 Å². The third-order valence-electron chi connectivity index (χ3n) is 1.85. The molecule has 2 N–H and O–H groups in total. The predicted molar refractivity (Wildman–Crippen MR) is 63.3 cm³/mol. The number of carbonyl (C=O) groups excluding carboxylic acids is 1. The predicted octanol–water partition coefficient (Wildman–Crippen LogP) is 2.07. The molecule has 2 aromatic heterocycles. The largest absolute Gasteiger partial charge is 0.288 e. The van der Waals surface area contributed by atoms with Crippen molar-refractivity contribution in [2.45, 2.75) is 6.92 Å². The molecule has 0 aliphatic carbocycles. The molecule has 1 amide bonds. The minimum atomic E-state index is -0.517. The second kappa shape index (κ2) is 4.68. The van der Waals surface area contributed by atoms with Gasteiger partial charge < -0.3 is 0 Å². The third-order valence-corrected chi connectivity index (χ3v) is 2.37. The number of aromatic amines is 1. The highest BCUT2D eigenvalue weighted by molar-refractivity contribution is 6.35. The van der Waals surface area contributed by atoms with E-state index in [-0.39, 0.29) is 21.8 Å². The summed E-state index contributed by atoms with van der Waals surface area (Å²) in [5.41, 5.74) is 0.0293. The Bertz CT molecular complexity index is 568. The van der Waals surface area contributed by atoms with Crippen molar-refractivity contribution in [3.63, 3.8) is 0 Å². The quantitative estimate of drug-likeness (QED) is 0.819. The van der Waals surface area contributed by atoms with Crippen LogP contribution in [0.4, 0.5) is 5.95 Å². The lowest BCUT2D eigenvalue weighted by molar-refractivity contribution is 0.102. The molecule has 17 heavy (non-hydrogen) atoms. The summed E-state index contributed by atoms with van der Waals surface area (Å²) in [5.74, 6) is 0.229. The molecule has 0 atom stereocenters. The van der Waals surface area contributed by atoms with Gasteiger partial charge >= 0.3 is 0 Å². The Morgan fingerprint density at radius 2 is 2.12 bits per heavy atom. The summed E-state index contributed by atoms with van der Waals surface area (Å²) in [5, 5.41) is 9.20. The molecule has 0 saturated carbocycles. The van der Waals surface area contributed by atoms with Crippen LogP contribution in [0.5, 0.6) is 0 Å². The summed E-state index contributed by atoms with van der Waals surface area (Å²) in [6, 6.07) is 2.99. The Balaban J connectivity index is 2.22. The second-order valence-electron chi connectivity index (χ2n) is 3.16. The summed E-state index contributed by atoms with van der Waals surface area (Å²) >= 11 is 11.5. The number of aryl methyl sites for hydroxylation is 1. The summed E-state index contributed by atoms with van der Waals surface area (Å²) in [6.45, 7) is 1.72.